The predicted molar refractivity (Wildman–Crippen MR) is 139 cm³/mol. The summed E-state index contributed by atoms with van der Waals surface area (Å²) in [5.74, 6) is 1.59. The van der Waals surface area contributed by atoms with Crippen molar-refractivity contribution in [3.8, 4) is 5.75 Å². The summed E-state index contributed by atoms with van der Waals surface area (Å²) < 4.78 is 17.2. The number of ether oxygens (including phenoxy) is 2. The van der Waals surface area contributed by atoms with E-state index in [4.69, 9.17) is 13.9 Å². The van der Waals surface area contributed by atoms with Crippen LogP contribution < -0.4 is 4.74 Å². The van der Waals surface area contributed by atoms with Crippen LogP contribution in [0.4, 0.5) is 0 Å². The van der Waals surface area contributed by atoms with Crippen LogP contribution in [-0.4, -0.2) is 54.5 Å². The molecular weight excluding hydrogens is 468 g/mol. The first kappa shape index (κ1) is 25.1. The number of hydrogen-bond donors (Lipinski definition) is 0. The van der Waals surface area contributed by atoms with Gasteiger partial charge in [-0.15, -0.1) is 0 Å². The average molecular weight is 503 g/mol. The Labute approximate surface area is 218 Å². The Morgan fingerprint density at radius 1 is 0.973 bits per heavy atom. The molecule has 2 aromatic carbocycles. The molecule has 1 saturated heterocycles. The van der Waals surface area contributed by atoms with Crippen LogP contribution in [0.1, 0.15) is 59.8 Å². The molecule has 1 aromatic heterocycles. The van der Waals surface area contributed by atoms with Gasteiger partial charge in [-0.2, -0.15) is 0 Å². The fraction of sp³-hybridized carbons (Fsp3) is 0.400. The van der Waals surface area contributed by atoms with Crippen molar-refractivity contribution >= 4 is 11.8 Å². The zero-order valence-corrected chi connectivity index (χ0v) is 21.7. The van der Waals surface area contributed by atoms with E-state index in [1.54, 1.807) is 17.0 Å². The molecule has 7 heteroatoms. The normalized spacial score (nSPS) is 17.9. The van der Waals surface area contributed by atoms with Gasteiger partial charge in [-0.3, -0.25) is 9.59 Å². The maximum atomic E-state index is 13.4. The fourth-order valence-electron chi connectivity index (χ4n) is 4.97. The van der Waals surface area contributed by atoms with Crippen molar-refractivity contribution in [2.45, 2.75) is 39.8 Å². The van der Waals surface area contributed by atoms with E-state index in [1.807, 2.05) is 56.0 Å². The summed E-state index contributed by atoms with van der Waals surface area (Å²) in [4.78, 5) is 29.8. The second-order valence-corrected chi connectivity index (χ2v) is 10.6. The van der Waals surface area contributed by atoms with E-state index in [1.165, 1.54) is 5.56 Å². The average Bonchev–Trinajstić information content (AvgIpc) is 3.40. The maximum absolute atomic E-state index is 13.4. The van der Waals surface area contributed by atoms with E-state index in [-0.39, 0.29) is 24.5 Å². The van der Waals surface area contributed by atoms with Crippen LogP contribution >= 0.6 is 0 Å². The highest BCUT2D eigenvalue weighted by atomic mass is 16.5. The minimum atomic E-state index is -0.478. The fourth-order valence-corrected chi connectivity index (χ4v) is 4.97. The smallest absolute Gasteiger partial charge is 0.289 e. The van der Waals surface area contributed by atoms with Gasteiger partial charge in [0.1, 0.15) is 18.1 Å². The molecule has 2 amide bonds. The quantitative estimate of drug-likeness (QED) is 0.499. The van der Waals surface area contributed by atoms with Gasteiger partial charge in [0.05, 0.1) is 19.3 Å². The highest BCUT2D eigenvalue weighted by Crippen LogP contribution is 2.39. The van der Waals surface area contributed by atoms with Crippen molar-refractivity contribution in [3.05, 3.63) is 88.9 Å². The molecule has 0 radical (unpaired) electrons. The molecule has 0 aliphatic carbocycles. The Hall–Kier alpha value is -3.58. The van der Waals surface area contributed by atoms with Crippen LogP contribution in [0.5, 0.6) is 5.75 Å². The molecule has 7 nitrogen and oxygen atoms in total. The standard InChI is InChI=1S/C30H34N2O5/c1-30(2,3)29(34)32-14-13-21-9-10-23(19-25(21)27(32)22-7-5-4-6-8-22)36-20-24-11-12-26(37-24)28(33)31-15-17-35-18-16-31/h4-12,19,27H,13-18,20H2,1-3H3/t27-/m0/s1. The lowest BCUT2D eigenvalue weighted by Gasteiger charge is -2.41. The lowest BCUT2D eigenvalue weighted by molar-refractivity contribution is -0.141. The Kier molecular flexibility index (Phi) is 7.07. The van der Waals surface area contributed by atoms with Crippen molar-refractivity contribution in [1.29, 1.82) is 0 Å². The molecule has 3 aromatic rings. The highest BCUT2D eigenvalue weighted by Gasteiger charge is 2.37. The molecule has 1 atom stereocenters. The van der Waals surface area contributed by atoms with Gasteiger partial charge in [0.25, 0.3) is 5.91 Å². The monoisotopic (exact) mass is 502 g/mol. The van der Waals surface area contributed by atoms with Crippen LogP contribution in [0.15, 0.2) is 65.1 Å². The van der Waals surface area contributed by atoms with Crippen molar-refractivity contribution in [2.75, 3.05) is 32.8 Å². The van der Waals surface area contributed by atoms with Gasteiger partial charge in [-0.25, -0.2) is 0 Å². The molecule has 2 aliphatic heterocycles. The predicted octanol–water partition coefficient (Wildman–Crippen LogP) is 4.85. The number of carbonyl (C=O) groups excluding carboxylic acids is 2. The third-order valence-electron chi connectivity index (χ3n) is 6.92. The van der Waals surface area contributed by atoms with Gasteiger partial charge in [-0.1, -0.05) is 57.2 Å². The van der Waals surface area contributed by atoms with Crippen LogP contribution in [0, 0.1) is 5.41 Å². The van der Waals surface area contributed by atoms with Gasteiger partial charge >= 0.3 is 0 Å². The molecular formula is C30H34N2O5. The van der Waals surface area contributed by atoms with Crippen molar-refractivity contribution in [1.82, 2.24) is 9.80 Å². The molecule has 1 fully saturated rings. The molecule has 0 N–H and O–H groups in total. The number of benzene rings is 2. The van der Waals surface area contributed by atoms with Gasteiger partial charge in [0.15, 0.2) is 5.76 Å². The molecule has 0 unspecified atom stereocenters. The van der Waals surface area contributed by atoms with E-state index in [0.717, 1.165) is 17.5 Å². The first-order valence-corrected chi connectivity index (χ1v) is 12.9. The number of furan rings is 1. The van der Waals surface area contributed by atoms with Gasteiger partial charge in [0, 0.05) is 25.0 Å². The van der Waals surface area contributed by atoms with Crippen molar-refractivity contribution in [2.24, 2.45) is 5.41 Å². The van der Waals surface area contributed by atoms with E-state index in [0.29, 0.717) is 50.1 Å². The molecule has 0 spiro atoms. The number of carbonyl (C=O) groups is 2. The summed E-state index contributed by atoms with van der Waals surface area (Å²) in [5.41, 5.74) is 2.90. The lowest BCUT2D eigenvalue weighted by atomic mass is 9.85. The minimum absolute atomic E-state index is 0.127. The van der Waals surface area contributed by atoms with Crippen molar-refractivity contribution < 1.29 is 23.5 Å². The van der Waals surface area contributed by atoms with E-state index < -0.39 is 5.41 Å². The molecule has 0 bridgehead atoms. The van der Waals surface area contributed by atoms with E-state index in [9.17, 15) is 9.59 Å². The van der Waals surface area contributed by atoms with Gasteiger partial charge in [0.2, 0.25) is 5.91 Å². The molecule has 0 saturated carbocycles. The molecule has 37 heavy (non-hydrogen) atoms. The Bertz CT molecular complexity index is 1250. The molecule has 5 rings (SSSR count). The number of rotatable bonds is 5. The summed E-state index contributed by atoms with van der Waals surface area (Å²) >= 11 is 0. The number of hydrogen-bond acceptors (Lipinski definition) is 5. The topological polar surface area (TPSA) is 72.2 Å². The van der Waals surface area contributed by atoms with Crippen LogP contribution in [0.25, 0.3) is 0 Å². The zero-order chi connectivity index (χ0) is 26.0. The maximum Gasteiger partial charge on any atom is 0.289 e. The second-order valence-electron chi connectivity index (χ2n) is 10.6. The second kappa shape index (κ2) is 10.4. The Morgan fingerprint density at radius 2 is 1.73 bits per heavy atom. The lowest BCUT2D eigenvalue weighted by Crippen LogP contribution is -2.45. The van der Waals surface area contributed by atoms with E-state index in [2.05, 4.69) is 18.2 Å². The first-order chi connectivity index (χ1) is 17.8. The van der Waals surface area contributed by atoms with Gasteiger partial charge < -0.3 is 23.7 Å². The van der Waals surface area contributed by atoms with Crippen LogP contribution in [-0.2, 0) is 22.6 Å². The van der Waals surface area contributed by atoms with Crippen molar-refractivity contribution in [3.63, 3.8) is 0 Å². The summed E-state index contributed by atoms with van der Waals surface area (Å²) in [6, 6.07) is 19.6. The summed E-state index contributed by atoms with van der Waals surface area (Å²) in [6.45, 7) is 9.00. The third-order valence-corrected chi connectivity index (χ3v) is 6.92. The summed E-state index contributed by atoms with van der Waals surface area (Å²) in [7, 11) is 0. The number of amides is 2. The van der Waals surface area contributed by atoms with Gasteiger partial charge in [-0.05, 0) is 47.4 Å². The molecule has 194 valence electrons. The Balaban J connectivity index is 1.36. The third kappa shape index (κ3) is 5.42. The number of morpholine rings is 1. The molecule has 2 aliphatic rings. The number of nitrogens with zero attached hydrogens (tertiary/aromatic N) is 2. The molecule has 3 heterocycles. The summed E-state index contributed by atoms with van der Waals surface area (Å²) in [6.07, 6.45) is 0.798. The van der Waals surface area contributed by atoms with E-state index >= 15 is 0 Å². The largest absolute Gasteiger partial charge is 0.486 e. The zero-order valence-electron chi connectivity index (χ0n) is 21.7. The highest BCUT2D eigenvalue weighted by molar-refractivity contribution is 5.91. The number of fused-ring (bicyclic) bond motifs is 1. The van der Waals surface area contributed by atoms with Crippen LogP contribution in [0.2, 0.25) is 0 Å². The first-order valence-electron chi connectivity index (χ1n) is 12.9. The SMILES string of the molecule is CC(C)(C)C(=O)N1CCc2ccc(OCc3ccc(C(=O)N4CCOCC4)o3)cc2[C@@H]1c1ccccc1. The van der Waals surface area contributed by atoms with Crippen LogP contribution in [0.3, 0.4) is 0 Å². The Morgan fingerprint density at radius 3 is 2.46 bits per heavy atom. The minimum Gasteiger partial charge on any atom is -0.486 e. The summed E-state index contributed by atoms with van der Waals surface area (Å²) in [5, 5.41) is 0.